The van der Waals surface area contributed by atoms with Crippen LogP contribution in [0.5, 0.6) is 0 Å². The molecule has 0 bridgehead atoms. The molecule has 12 heavy (non-hydrogen) atoms. The average Bonchev–Trinajstić information content (AvgIpc) is 2.17. The van der Waals surface area contributed by atoms with Crippen molar-refractivity contribution in [3.05, 3.63) is 36.2 Å². The Bertz CT molecular complexity index is 426. The standard InChI is InChI=1S/C9H5N2O/c12-6-7-1-2-8-4-10-11-5-9(8)3-7/h1-5H. The minimum atomic E-state index is 0.538. The van der Waals surface area contributed by atoms with Crippen LogP contribution in [0.2, 0.25) is 0 Å². The number of rotatable bonds is 1. The van der Waals surface area contributed by atoms with Crippen LogP contribution in [0.4, 0.5) is 0 Å². The molecule has 1 heterocycles. The van der Waals surface area contributed by atoms with Crippen molar-refractivity contribution in [1.82, 2.24) is 10.2 Å². The lowest BCUT2D eigenvalue weighted by Crippen LogP contribution is -1.83. The first-order chi connectivity index (χ1) is 5.90. The van der Waals surface area contributed by atoms with Gasteiger partial charge in [0.2, 0.25) is 6.29 Å². The van der Waals surface area contributed by atoms with Gasteiger partial charge in [-0.25, -0.2) is 0 Å². The molecule has 1 aromatic heterocycles. The third kappa shape index (κ3) is 1.05. The zero-order valence-electron chi connectivity index (χ0n) is 6.19. The van der Waals surface area contributed by atoms with E-state index >= 15 is 0 Å². The maximum absolute atomic E-state index is 10.3. The number of hydrogen-bond acceptors (Lipinski definition) is 3. The molecule has 2 aromatic rings. The van der Waals surface area contributed by atoms with E-state index in [1.165, 1.54) is 0 Å². The summed E-state index contributed by atoms with van der Waals surface area (Å²) in [5.41, 5.74) is 0.538. The molecule has 0 saturated carbocycles. The molecule has 0 amide bonds. The highest BCUT2D eigenvalue weighted by Crippen LogP contribution is 2.11. The highest BCUT2D eigenvalue weighted by Gasteiger charge is 1.94. The third-order valence-corrected chi connectivity index (χ3v) is 1.66. The van der Waals surface area contributed by atoms with Gasteiger partial charge in [-0.3, -0.25) is 4.79 Å². The van der Waals surface area contributed by atoms with Gasteiger partial charge in [-0.05, 0) is 6.07 Å². The van der Waals surface area contributed by atoms with Gasteiger partial charge in [0.25, 0.3) is 0 Å². The van der Waals surface area contributed by atoms with E-state index in [4.69, 9.17) is 0 Å². The SMILES string of the molecule is O=[C]c1ccc2cnncc2c1. The largest absolute Gasteiger partial charge is 0.285 e. The van der Waals surface area contributed by atoms with Gasteiger partial charge >= 0.3 is 0 Å². The Morgan fingerprint density at radius 2 is 1.83 bits per heavy atom. The first-order valence-corrected chi connectivity index (χ1v) is 3.49. The molecule has 1 radical (unpaired) electrons. The predicted molar refractivity (Wildman–Crippen MR) is 44.3 cm³/mol. The minimum absolute atomic E-state index is 0.538. The van der Waals surface area contributed by atoms with Crippen LogP contribution in [-0.2, 0) is 4.79 Å². The van der Waals surface area contributed by atoms with Crippen LogP contribution < -0.4 is 0 Å². The van der Waals surface area contributed by atoms with Crippen molar-refractivity contribution < 1.29 is 4.79 Å². The van der Waals surface area contributed by atoms with Crippen LogP contribution >= 0.6 is 0 Å². The van der Waals surface area contributed by atoms with Crippen LogP contribution in [0.25, 0.3) is 10.8 Å². The molecule has 0 spiro atoms. The maximum Gasteiger partial charge on any atom is 0.233 e. The average molecular weight is 157 g/mol. The van der Waals surface area contributed by atoms with E-state index < -0.39 is 0 Å². The lowest BCUT2D eigenvalue weighted by atomic mass is 10.1. The van der Waals surface area contributed by atoms with Gasteiger partial charge in [-0.2, -0.15) is 10.2 Å². The van der Waals surface area contributed by atoms with Gasteiger partial charge in [-0.1, -0.05) is 12.1 Å². The van der Waals surface area contributed by atoms with Gasteiger partial charge in [0.15, 0.2) is 0 Å². The number of fused-ring (bicyclic) bond motifs is 1. The normalized spacial score (nSPS) is 10.0. The highest BCUT2D eigenvalue weighted by atomic mass is 16.1. The quantitative estimate of drug-likeness (QED) is 0.622. The number of hydrogen-bond donors (Lipinski definition) is 0. The van der Waals surface area contributed by atoms with E-state index in [-0.39, 0.29) is 0 Å². The molecule has 1 aromatic carbocycles. The van der Waals surface area contributed by atoms with Crippen LogP contribution in [-0.4, -0.2) is 16.5 Å². The second-order valence-corrected chi connectivity index (χ2v) is 2.43. The summed E-state index contributed by atoms with van der Waals surface area (Å²) < 4.78 is 0. The van der Waals surface area contributed by atoms with Crippen molar-refractivity contribution in [2.24, 2.45) is 0 Å². The summed E-state index contributed by atoms with van der Waals surface area (Å²) in [5, 5.41) is 9.31. The zero-order chi connectivity index (χ0) is 8.39. The van der Waals surface area contributed by atoms with Gasteiger partial charge in [0, 0.05) is 16.3 Å². The monoisotopic (exact) mass is 157 g/mol. The van der Waals surface area contributed by atoms with Crippen LogP contribution in [0.15, 0.2) is 30.6 Å². The van der Waals surface area contributed by atoms with Crippen molar-refractivity contribution >= 4 is 17.1 Å². The van der Waals surface area contributed by atoms with E-state index in [9.17, 15) is 4.79 Å². The van der Waals surface area contributed by atoms with Crippen molar-refractivity contribution in [3.8, 4) is 0 Å². The summed E-state index contributed by atoms with van der Waals surface area (Å²) in [4.78, 5) is 10.3. The smallest absolute Gasteiger partial charge is 0.233 e. The van der Waals surface area contributed by atoms with E-state index in [0.717, 1.165) is 10.8 Å². The summed E-state index contributed by atoms with van der Waals surface area (Å²) in [6.07, 6.45) is 5.10. The van der Waals surface area contributed by atoms with Gasteiger partial charge in [-0.15, -0.1) is 0 Å². The fourth-order valence-electron chi connectivity index (χ4n) is 1.06. The summed E-state index contributed by atoms with van der Waals surface area (Å²) >= 11 is 0. The Hall–Kier alpha value is -1.77. The molecular weight excluding hydrogens is 152 g/mol. The van der Waals surface area contributed by atoms with E-state index in [0.29, 0.717) is 5.56 Å². The summed E-state index contributed by atoms with van der Waals surface area (Å²) in [7, 11) is 0. The van der Waals surface area contributed by atoms with Crippen LogP contribution in [0, 0.1) is 0 Å². The molecule has 0 unspecified atom stereocenters. The Morgan fingerprint density at radius 1 is 1.08 bits per heavy atom. The second-order valence-electron chi connectivity index (χ2n) is 2.43. The zero-order valence-corrected chi connectivity index (χ0v) is 6.19. The molecule has 3 heteroatoms. The van der Waals surface area contributed by atoms with Gasteiger partial charge in [0.05, 0.1) is 12.4 Å². The van der Waals surface area contributed by atoms with Crippen LogP contribution in [0.1, 0.15) is 5.56 Å². The molecule has 0 N–H and O–H groups in total. The predicted octanol–water partition coefficient (Wildman–Crippen LogP) is 1.09. The fourth-order valence-corrected chi connectivity index (χ4v) is 1.06. The van der Waals surface area contributed by atoms with Crippen molar-refractivity contribution in [2.45, 2.75) is 0 Å². The van der Waals surface area contributed by atoms with E-state index in [1.807, 2.05) is 12.4 Å². The number of aromatic nitrogens is 2. The second kappa shape index (κ2) is 2.70. The van der Waals surface area contributed by atoms with E-state index in [1.54, 1.807) is 24.5 Å². The molecule has 3 nitrogen and oxygen atoms in total. The third-order valence-electron chi connectivity index (χ3n) is 1.66. The van der Waals surface area contributed by atoms with Crippen molar-refractivity contribution in [1.29, 1.82) is 0 Å². The Labute approximate surface area is 69.0 Å². The van der Waals surface area contributed by atoms with Crippen molar-refractivity contribution in [3.63, 3.8) is 0 Å². The highest BCUT2D eigenvalue weighted by molar-refractivity contribution is 5.87. The number of benzene rings is 1. The molecule has 0 saturated heterocycles. The molecule has 0 aliphatic heterocycles. The molecule has 0 atom stereocenters. The van der Waals surface area contributed by atoms with Gasteiger partial charge in [0.1, 0.15) is 0 Å². The summed E-state index contributed by atoms with van der Waals surface area (Å²) in [5.74, 6) is 0. The number of nitrogens with zero attached hydrogens (tertiary/aromatic N) is 2. The maximum atomic E-state index is 10.3. The lowest BCUT2D eigenvalue weighted by molar-refractivity contribution is 0.563. The first kappa shape index (κ1) is 6.91. The van der Waals surface area contributed by atoms with Gasteiger partial charge < -0.3 is 0 Å². The fraction of sp³-hybridized carbons (Fsp3) is 0. The molecule has 0 aliphatic carbocycles. The first-order valence-electron chi connectivity index (χ1n) is 3.49. The Balaban J connectivity index is 2.75. The van der Waals surface area contributed by atoms with E-state index in [2.05, 4.69) is 10.2 Å². The Kier molecular flexibility index (Phi) is 1.55. The number of carbonyl (C=O) groups excluding carboxylic acids is 1. The molecular formula is C9H5N2O. The molecule has 2 rings (SSSR count). The summed E-state index contributed by atoms with van der Waals surface area (Å²) in [6.45, 7) is 0. The minimum Gasteiger partial charge on any atom is -0.285 e. The van der Waals surface area contributed by atoms with Crippen molar-refractivity contribution in [2.75, 3.05) is 0 Å². The molecule has 0 aliphatic rings. The summed E-state index contributed by atoms with van der Waals surface area (Å²) in [6, 6.07) is 5.26. The van der Waals surface area contributed by atoms with Crippen LogP contribution in [0.3, 0.4) is 0 Å². The molecule has 0 fully saturated rings. The topological polar surface area (TPSA) is 42.9 Å². The Morgan fingerprint density at radius 3 is 2.58 bits per heavy atom. The lowest BCUT2D eigenvalue weighted by Gasteiger charge is -1.94. The molecule has 57 valence electrons.